The molecule has 7 heteroatoms. The van der Waals surface area contributed by atoms with E-state index < -0.39 is 5.82 Å². The number of halogens is 1. The number of carbonyl (C=O) groups excluding carboxylic acids is 2. The number of rotatable bonds is 2. The van der Waals surface area contributed by atoms with Gasteiger partial charge in [0, 0.05) is 32.7 Å². The number of para-hydroxylation sites is 1. The molecule has 0 radical (unpaired) electrons. The van der Waals surface area contributed by atoms with Crippen LogP contribution in [0.2, 0.25) is 0 Å². The minimum absolute atomic E-state index is 0.130. The van der Waals surface area contributed by atoms with E-state index in [-0.39, 0.29) is 23.2 Å². The van der Waals surface area contributed by atoms with Crippen molar-refractivity contribution in [2.24, 2.45) is 0 Å². The van der Waals surface area contributed by atoms with Gasteiger partial charge in [0.1, 0.15) is 5.82 Å². The Morgan fingerprint density at radius 2 is 1.86 bits per heavy atom. The van der Waals surface area contributed by atoms with Gasteiger partial charge in [0.25, 0.3) is 5.91 Å². The number of nitrogens with one attached hydrogen (secondary N) is 1. The Balaban J connectivity index is 2.00. The van der Waals surface area contributed by atoms with Crippen molar-refractivity contribution in [3.05, 3.63) is 29.6 Å². The standard InChI is InChI=1S/C14H19FN4O2/c1-2-17-14(21)19-8-6-18(7-9-19)13(20)10-4-3-5-11(15)12(10)16/h3-5H,2,6-9,16H2,1H3,(H,17,21). The summed E-state index contributed by atoms with van der Waals surface area (Å²) < 4.78 is 13.4. The molecule has 0 aromatic heterocycles. The second-order valence-corrected chi connectivity index (χ2v) is 4.82. The number of nitrogens with zero attached hydrogens (tertiary/aromatic N) is 2. The van der Waals surface area contributed by atoms with E-state index in [1.54, 1.807) is 9.80 Å². The number of benzene rings is 1. The van der Waals surface area contributed by atoms with Gasteiger partial charge in [-0.25, -0.2) is 9.18 Å². The summed E-state index contributed by atoms with van der Waals surface area (Å²) in [5.41, 5.74) is 5.65. The normalized spacial score (nSPS) is 15.0. The summed E-state index contributed by atoms with van der Waals surface area (Å²) in [6.07, 6.45) is 0. The fourth-order valence-corrected chi connectivity index (χ4v) is 2.27. The van der Waals surface area contributed by atoms with Crippen LogP contribution in [0.4, 0.5) is 14.9 Å². The fraction of sp³-hybridized carbons (Fsp3) is 0.429. The summed E-state index contributed by atoms with van der Waals surface area (Å²) in [6.45, 7) is 4.14. The number of anilines is 1. The molecule has 0 aliphatic carbocycles. The van der Waals surface area contributed by atoms with Crippen LogP contribution in [-0.2, 0) is 0 Å². The molecule has 0 bridgehead atoms. The maximum Gasteiger partial charge on any atom is 0.317 e. The third-order valence-electron chi connectivity index (χ3n) is 3.47. The average molecular weight is 294 g/mol. The smallest absolute Gasteiger partial charge is 0.317 e. The predicted octanol–water partition coefficient (Wildman–Crippen LogP) is 0.895. The van der Waals surface area contributed by atoms with E-state index >= 15 is 0 Å². The summed E-state index contributed by atoms with van der Waals surface area (Å²) in [5, 5.41) is 2.72. The molecule has 0 spiro atoms. The maximum atomic E-state index is 13.4. The largest absolute Gasteiger partial charge is 0.396 e. The fourth-order valence-electron chi connectivity index (χ4n) is 2.27. The van der Waals surface area contributed by atoms with Crippen LogP contribution < -0.4 is 11.1 Å². The third kappa shape index (κ3) is 3.24. The molecule has 2 rings (SSSR count). The maximum absolute atomic E-state index is 13.4. The molecule has 1 aliphatic heterocycles. The zero-order valence-corrected chi connectivity index (χ0v) is 11.9. The van der Waals surface area contributed by atoms with Crippen molar-refractivity contribution in [1.82, 2.24) is 15.1 Å². The highest BCUT2D eigenvalue weighted by Gasteiger charge is 2.26. The van der Waals surface area contributed by atoms with E-state index in [1.165, 1.54) is 18.2 Å². The van der Waals surface area contributed by atoms with E-state index in [4.69, 9.17) is 5.73 Å². The molecule has 21 heavy (non-hydrogen) atoms. The molecule has 0 atom stereocenters. The summed E-state index contributed by atoms with van der Waals surface area (Å²) >= 11 is 0. The van der Waals surface area contributed by atoms with Crippen LogP contribution >= 0.6 is 0 Å². The Hall–Kier alpha value is -2.31. The van der Waals surface area contributed by atoms with Gasteiger partial charge in [-0.15, -0.1) is 0 Å². The number of carbonyl (C=O) groups is 2. The molecular weight excluding hydrogens is 275 g/mol. The molecule has 1 saturated heterocycles. The summed E-state index contributed by atoms with van der Waals surface area (Å²) in [4.78, 5) is 27.3. The first-order chi connectivity index (χ1) is 10.0. The van der Waals surface area contributed by atoms with E-state index in [9.17, 15) is 14.0 Å². The zero-order valence-electron chi connectivity index (χ0n) is 11.9. The van der Waals surface area contributed by atoms with Crippen LogP contribution in [0.5, 0.6) is 0 Å². The van der Waals surface area contributed by atoms with E-state index in [1.807, 2.05) is 6.92 Å². The molecule has 0 saturated carbocycles. The first kappa shape index (κ1) is 15.1. The summed E-state index contributed by atoms with van der Waals surface area (Å²) in [5.74, 6) is -0.899. The van der Waals surface area contributed by atoms with Crippen LogP contribution in [0.1, 0.15) is 17.3 Å². The van der Waals surface area contributed by atoms with Gasteiger partial charge in [-0.3, -0.25) is 4.79 Å². The Morgan fingerprint density at radius 1 is 1.24 bits per heavy atom. The van der Waals surface area contributed by atoms with Crippen molar-refractivity contribution >= 4 is 17.6 Å². The highest BCUT2D eigenvalue weighted by atomic mass is 19.1. The SMILES string of the molecule is CCNC(=O)N1CCN(C(=O)c2cccc(F)c2N)CC1. The molecule has 3 N–H and O–H groups in total. The van der Waals surface area contributed by atoms with Crippen molar-refractivity contribution in [2.45, 2.75) is 6.92 Å². The van der Waals surface area contributed by atoms with Crippen LogP contribution in [0, 0.1) is 5.82 Å². The second-order valence-electron chi connectivity index (χ2n) is 4.82. The summed E-state index contributed by atoms with van der Waals surface area (Å²) in [7, 11) is 0. The number of hydrogen-bond acceptors (Lipinski definition) is 3. The van der Waals surface area contributed by atoms with Gasteiger partial charge in [-0.05, 0) is 19.1 Å². The van der Waals surface area contributed by atoms with Gasteiger partial charge in [0.15, 0.2) is 0 Å². The number of nitrogen functional groups attached to an aromatic ring is 1. The second kappa shape index (κ2) is 6.43. The molecule has 0 unspecified atom stereocenters. The predicted molar refractivity (Wildman–Crippen MR) is 77.4 cm³/mol. The summed E-state index contributed by atoms with van der Waals surface area (Å²) in [6, 6.07) is 4.06. The molecule has 1 aromatic rings. The quantitative estimate of drug-likeness (QED) is 0.795. The Bertz CT molecular complexity index is 542. The van der Waals surface area contributed by atoms with E-state index in [2.05, 4.69) is 5.32 Å². The zero-order chi connectivity index (χ0) is 15.4. The van der Waals surface area contributed by atoms with Gasteiger partial charge in [0.05, 0.1) is 11.3 Å². The van der Waals surface area contributed by atoms with Gasteiger partial charge in [0.2, 0.25) is 0 Å². The number of piperazine rings is 1. The Labute approximate surface area is 122 Å². The lowest BCUT2D eigenvalue weighted by Gasteiger charge is -2.34. The Morgan fingerprint density at radius 3 is 2.48 bits per heavy atom. The Kier molecular flexibility index (Phi) is 4.62. The highest BCUT2D eigenvalue weighted by Crippen LogP contribution is 2.18. The highest BCUT2D eigenvalue weighted by molar-refractivity contribution is 5.99. The van der Waals surface area contributed by atoms with Crippen molar-refractivity contribution in [2.75, 3.05) is 38.5 Å². The molecule has 1 heterocycles. The van der Waals surface area contributed by atoms with Gasteiger partial charge >= 0.3 is 6.03 Å². The van der Waals surface area contributed by atoms with Crippen LogP contribution in [-0.4, -0.2) is 54.5 Å². The minimum Gasteiger partial charge on any atom is -0.396 e. The van der Waals surface area contributed by atoms with Crippen molar-refractivity contribution in [3.8, 4) is 0 Å². The van der Waals surface area contributed by atoms with Gasteiger partial charge in [-0.1, -0.05) is 6.07 Å². The van der Waals surface area contributed by atoms with Crippen molar-refractivity contribution < 1.29 is 14.0 Å². The first-order valence-electron chi connectivity index (χ1n) is 6.90. The lowest BCUT2D eigenvalue weighted by Crippen LogP contribution is -2.53. The molecule has 114 valence electrons. The van der Waals surface area contributed by atoms with Gasteiger partial charge < -0.3 is 20.9 Å². The third-order valence-corrected chi connectivity index (χ3v) is 3.47. The van der Waals surface area contributed by atoms with Crippen molar-refractivity contribution in [1.29, 1.82) is 0 Å². The molecule has 1 fully saturated rings. The van der Waals surface area contributed by atoms with E-state index in [0.717, 1.165) is 0 Å². The molecule has 6 nitrogen and oxygen atoms in total. The van der Waals surface area contributed by atoms with Crippen LogP contribution in [0.15, 0.2) is 18.2 Å². The van der Waals surface area contributed by atoms with Crippen LogP contribution in [0.3, 0.4) is 0 Å². The number of urea groups is 1. The average Bonchev–Trinajstić information content (AvgIpc) is 2.50. The number of nitrogens with two attached hydrogens (primary N) is 1. The molecule has 3 amide bonds. The molecule has 1 aromatic carbocycles. The topological polar surface area (TPSA) is 78.7 Å². The lowest BCUT2D eigenvalue weighted by molar-refractivity contribution is 0.0666. The first-order valence-corrected chi connectivity index (χ1v) is 6.90. The van der Waals surface area contributed by atoms with Crippen LogP contribution in [0.25, 0.3) is 0 Å². The number of amides is 3. The van der Waals surface area contributed by atoms with Crippen molar-refractivity contribution in [3.63, 3.8) is 0 Å². The number of hydrogen-bond donors (Lipinski definition) is 2. The van der Waals surface area contributed by atoms with Gasteiger partial charge in [-0.2, -0.15) is 0 Å². The lowest BCUT2D eigenvalue weighted by atomic mass is 10.1. The molecular formula is C14H19FN4O2. The molecule has 1 aliphatic rings. The monoisotopic (exact) mass is 294 g/mol. The van der Waals surface area contributed by atoms with E-state index in [0.29, 0.717) is 32.7 Å². The minimum atomic E-state index is -0.596.